The van der Waals surface area contributed by atoms with E-state index in [0.29, 0.717) is 29.1 Å². The Hall–Kier alpha value is -3.94. The van der Waals surface area contributed by atoms with Crippen LogP contribution in [0, 0.1) is 0 Å². The van der Waals surface area contributed by atoms with Gasteiger partial charge in [0, 0.05) is 30.4 Å². The summed E-state index contributed by atoms with van der Waals surface area (Å²) < 4.78 is 0. The molecule has 8 nitrogen and oxygen atoms in total. The summed E-state index contributed by atoms with van der Waals surface area (Å²) in [5, 5.41) is 5.31. The van der Waals surface area contributed by atoms with Gasteiger partial charge in [0.2, 0.25) is 0 Å². The lowest BCUT2D eigenvalue weighted by atomic mass is 10.1. The number of carbonyl (C=O) groups is 2. The monoisotopic (exact) mass is 376 g/mol. The molecule has 1 heterocycles. The number of aromatic nitrogens is 2. The second-order valence-corrected chi connectivity index (χ2v) is 6.03. The second-order valence-electron chi connectivity index (χ2n) is 6.03. The molecule has 0 bridgehead atoms. The molecule has 8 heteroatoms. The fraction of sp³-hybridized carbons (Fsp3) is 0.100. The number of benzene rings is 2. The smallest absolute Gasteiger partial charge is 0.273 e. The van der Waals surface area contributed by atoms with Gasteiger partial charge in [0.15, 0.2) is 11.5 Å². The number of rotatable bonds is 5. The van der Waals surface area contributed by atoms with Crippen LogP contribution in [0.3, 0.4) is 0 Å². The Balaban J connectivity index is 1.81. The molecule has 0 spiro atoms. The van der Waals surface area contributed by atoms with Crippen molar-refractivity contribution in [1.82, 2.24) is 20.6 Å². The van der Waals surface area contributed by atoms with Crippen LogP contribution < -0.4 is 22.1 Å². The number of carbonyl (C=O) groups excluding carboxylic acids is 2. The van der Waals surface area contributed by atoms with Crippen molar-refractivity contribution in [2.24, 2.45) is 0 Å². The fourth-order valence-electron chi connectivity index (χ4n) is 2.62. The Morgan fingerprint density at radius 2 is 1.82 bits per heavy atom. The number of anilines is 2. The van der Waals surface area contributed by atoms with Crippen molar-refractivity contribution in [3.05, 3.63) is 71.5 Å². The molecule has 0 aliphatic heterocycles. The van der Waals surface area contributed by atoms with Gasteiger partial charge in [-0.25, -0.2) is 9.97 Å². The Kier molecular flexibility index (Phi) is 5.50. The van der Waals surface area contributed by atoms with E-state index >= 15 is 0 Å². The van der Waals surface area contributed by atoms with Gasteiger partial charge in [0.25, 0.3) is 11.8 Å². The summed E-state index contributed by atoms with van der Waals surface area (Å²) in [6.45, 7) is 0.318. The third kappa shape index (κ3) is 4.07. The maximum atomic E-state index is 12.5. The molecule has 3 rings (SSSR count). The lowest BCUT2D eigenvalue weighted by Crippen LogP contribution is -2.23. The number of nitrogens with one attached hydrogen (secondary N) is 2. The zero-order valence-corrected chi connectivity index (χ0v) is 15.3. The molecular formula is C20H20N6O2. The fourth-order valence-corrected chi connectivity index (χ4v) is 2.62. The number of nitrogen functional groups attached to an aromatic ring is 2. The lowest BCUT2D eigenvalue weighted by molar-refractivity contribution is 0.0946. The largest absolute Gasteiger partial charge is 0.398 e. The highest BCUT2D eigenvalue weighted by atomic mass is 16.2. The van der Waals surface area contributed by atoms with Crippen molar-refractivity contribution in [2.75, 3.05) is 18.5 Å². The predicted octanol–water partition coefficient (Wildman–Crippen LogP) is 1.60. The van der Waals surface area contributed by atoms with Gasteiger partial charge >= 0.3 is 0 Å². The van der Waals surface area contributed by atoms with Crippen LogP contribution in [0.15, 0.2) is 54.7 Å². The van der Waals surface area contributed by atoms with Crippen molar-refractivity contribution >= 4 is 23.3 Å². The molecule has 28 heavy (non-hydrogen) atoms. The van der Waals surface area contributed by atoms with E-state index in [1.165, 1.54) is 13.2 Å². The van der Waals surface area contributed by atoms with Gasteiger partial charge in [-0.05, 0) is 23.8 Å². The van der Waals surface area contributed by atoms with Gasteiger partial charge in [0.1, 0.15) is 0 Å². The van der Waals surface area contributed by atoms with E-state index in [1.54, 1.807) is 30.3 Å². The summed E-state index contributed by atoms with van der Waals surface area (Å²) in [5.41, 5.74) is 14.6. The molecule has 2 aromatic carbocycles. The Morgan fingerprint density at radius 1 is 1.04 bits per heavy atom. The summed E-state index contributed by atoms with van der Waals surface area (Å²) in [6.07, 6.45) is 1.46. The van der Waals surface area contributed by atoms with Crippen LogP contribution in [0.2, 0.25) is 0 Å². The van der Waals surface area contributed by atoms with Crippen LogP contribution in [0.25, 0.3) is 11.3 Å². The molecule has 0 atom stereocenters. The average molecular weight is 376 g/mol. The summed E-state index contributed by atoms with van der Waals surface area (Å²) >= 11 is 0. The highest BCUT2D eigenvalue weighted by Gasteiger charge is 2.14. The molecule has 2 amide bonds. The second kappa shape index (κ2) is 8.17. The summed E-state index contributed by atoms with van der Waals surface area (Å²) in [5.74, 6) is -0.640. The molecule has 0 aliphatic rings. The number of nitrogens with two attached hydrogens (primary N) is 2. The quantitative estimate of drug-likeness (QED) is 0.499. The van der Waals surface area contributed by atoms with Crippen LogP contribution in [-0.4, -0.2) is 28.8 Å². The van der Waals surface area contributed by atoms with Gasteiger partial charge < -0.3 is 22.1 Å². The zero-order chi connectivity index (χ0) is 20.1. The molecule has 0 saturated heterocycles. The van der Waals surface area contributed by atoms with E-state index in [0.717, 1.165) is 5.56 Å². The first-order chi connectivity index (χ1) is 13.5. The molecular weight excluding hydrogens is 356 g/mol. The SMILES string of the molecule is CNC(=O)c1nc(-c2cccc(C(=O)NCc3ccccc3N)c2)cnc1N. The predicted molar refractivity (Wildman–Crippen MR) is 107 cm³/mol. The van der Waals surface area contributed by atoms with E-state index < -0.39 is 5.91 Å². The minimum absolute atomic E-state index is 0.0365. The topological polar surface area (TPSA) is 136 Å². The number of nitrogens with zero attached hydrogens (tertiary/aromatic N) is 2. The standard InChI is InChI=1S/C20H20N6O2/c1-23-20(28)17-18(22)24-11-16(26-17)12-6-4-7-13(9-12)19(27)25-10-14-5-2-3-8-15(14)21/h2-9,11H,10,21H2,1H3,(H2,22,24)(H,23,28)(H,25,27). The molecule has 1 aromatic heterocycles. The summed E-state index contributed by atoms with van der Waals surface area (Å²) in [7, 11) is 1.49. The highest BCUT2D eigenvalue weighted by molar-refractivity contribution is 5.97. The van der Waals surface area contributed by atoms with Gasteiger partial charge in [-0.1, -0.05) is 30.3 Å². The van der Waals surface area contributed by atoms with E-state index in [2.05, 4.69) is 20.6 Å². The van der Waals surface area contributed by atoms with Crippen molar-refractivity contribution < 1.29 is 9.59 Å². The number of hydrogen-bond donors (Lipinski definition) is 4. The van der Waals surface area contributed by atoms with Gasteiger partial charge in [-0.2, -0.15) is 0 Å². The van der Waals surface area contributed by atoms with Gasteiger partial charge in [-0.15, -0.1) is 0 Å². The van der Waals surface area contributed by atoms with Crippen LogP contribution in [0.1, 0.15) is 26.4 Å². The molecule has 0 fully saturated rings. The normalized spacial score (nSPS) is 10.3. The van der Waals surface area contributed by atoms with Crippen LogP contribution in [0.4, 0.5) is 11.5 Å². The first-order valence-corrected chi connectivity index (χ1v) is 8.56. The summed E-state index contributed by atoms with van der Waals surface area (Å²) in [6, 6.07) is 14.2. The first-order valence-electron chi connectivity index (χ1n) is 8.56. The van der Waals surface area contributed by atoms with E-state index in [-0.39, 0.29) is 17.4 Å². The Bertz CT molecular complexity index is 1030. The molecule has 0 saturated carbocycles. The molecule has 0 aliphatic carbocycles. The van der Waals surface area contributed by atoms with E-state index in [4.69, 9.17) is 11.5 Å². The van der Waals surface area contributed by atoms with Crippen LogP contribution in [-0.2, 0) is 6.54 Å². The van der Waals surface area contributed by atoms with E-state index in [9.17, 15) is 9.59 Å². The van der Waals surface area contributed by atoms with Crippen LogP contribution in [0.5, 0.6) is 0 Å². The number of amides is 2. The molecule has 0 unspecified atom stereocenters. The number of hydrogen-bond acceptors (Lipinski definition) is 6. The zero-order valence-electron chi connectivity index (χ0n) is 15.3. The third-order valence-corrected chi connectivity index (χ3v) is 4.16. The maximum Gasteiger partial charge on any atom is 0.273 e. The van der Waals surface area contributed by atoms with Crippen LogP contribution >= 0.6 is 0 Å². The van der Waals surface area contributed by atoms with Gasteiger partial charge in [0.05, 0.1) is 11.9 Å². The average Bonchev–Trinajstić information content (AvgIpc) is 2.73. The third-order valence-electron chi connectivity index (χ3n) is 4.16. The lowest BCUT2D eigenvalue weighted by Gasteiger charge is -2.09. The van der Waals surface area contributed by atoms with Gasteiger partial charge in [-0.3, -0.25) is 9.59 Å². The van der Waals surface area contributed by atoms with Crippen molar-refractivity contribution in [3.63, 3.8) is 0 Å². The maximum absolute atomic E-state index is 12.5. The van der Waals surface area contributed by atoms with E-state index in [1.807, 2.05) is 18.2 Å². The highest BCUT2D eigenvalue weighted by Crippen LogP contribution is 2.20. The van der Waals surface area contributed by atoms with Crippen molar-refractivity contribution in [3.8, 4) is 11.3 Å². The minimum atomic E-state index is -0.429. The van der Waals surface area contributed by atoms with Crippen molar-refractivity contribution in [2.45, 2.75) is 6.54 Å². The number of para-hydroxylation sites is 1. The molecule has 142 valence electrons. The summed E-state index contributed by atoms with van der Waals surface area (Å²) in [4.78, 5) is 32.7. The molecule has 0 radical (unpaired) electrons. The first kappa shape index (κ1) is 18.8. The van der Waals surface area contributed by atoms with Crippen molar-refractivity contribution in [1.29, 1.82) is 0 Å². The Morgan fingerprint density at radius 3 is 2.57 bits per heavy atom. The molecule has 6 N–H and O–H groups in total. The molecule has 3 aromatic rings. The minimum Gasteiger partial charge on any atom is -0.398 e. The Labute approximate surface area is 162 Å².